The van der Waals surface area contributed by atoms with Crippen LogP contribution in [0.15, 0.2) is 30.3 Å². The van der Waals surface area contributed by atoms with Crippen LogP contribution in [0.3, 0.4) is 0 Å². The lowest BCUT2D eigenvalue weighted by molar-refractivity contribution is 0.0693. The number of ether oxygens (including phenoxy) is 1. The van der Waals surface area contributed by atoms with Gasteiger partial charge in [0.1, 0.15) is 11.3 Å². The number of hydrogen-bond acceptors (Lipinski definition) is 3. The molecule has 0 aliphatic rings. The summed E-state index contributed by atoms with van der Waals surface area (Å²) in [5, 5.41) is 9.08. The Bertz CT molecular complexity index is 656. The third-order valence-electron chi connectivity index (χ3n) is 2.82. The van der Waals surface area contributed by atoms with Gasteiger partial charge in [-0.25, -0.2) is 9.18 Å². The number of pyridine rings is 1. The molecule has 20 heavy (non-hydrogen) atoms. The van der Waals surface area contributed by atoms with Crippen LogP contribution in [0, 0.1) is 12.7 Å². The van der Waals surface area contributed by atoms with Gasteiger partial charge in [-0.3, -0.25) is 4.98 Å². The lowest BCUT2D eigenvalue weighted by Crippen LogP contribution is -2.03. The smallest absolute Gasteiger partial charge is 0.339 e. The quantitative estimate of drug-likeness (QED) is 0.926. The van der Waals surface area contributed by atoms with Crippen molar-refractivity contribution in [3.05, 3.63) is 53.1 Å². The fraction of sp³-hybridized carbons (Fsp3) is 0.200. The van der Waals surface area contributed by atoms with Crippen molar-refractivity contribution in [3.63, 3.8) is 0 Å². The number of hydrogen-bond donors (Lipinski definition) is 1. The minimum Gasteiger partial charge on any atom is -0.478 e. The van der Waals surface area contributed by atoms with Gasteiger partial charge in [0.05, 0.1) is 5.69 Å². The van der Waals surface area contributed by atoms with Crippen molar-refractivity contribution in [2.75, 3.05) is 0 Å². The van der Waals surface area contributed by atoms with Gasteiger partial charge in [-0.1, -0.05) is 13.0 Å². The number of aromatic carboxylic acids is 1. The summed E-state index contributed by atoms with van der Waals surface area (Å²) in [5.74, 6) is -1.88. The van der Waals surface area contributed by atoms with E-state index in [4.69, 9.17) is 9.84 Å². The third-order valence-corrected chi connectivity index (χ3v) is 2.82. The van der Waals surface area contributed by atoms with Crippen LogP contribution >= 0.6 is 0 Å². The standard InChI is InChI=1S/C15H14FNO3/c1-3-12-13(8-7-9(2)17-12)20-14-10(15(18)19)5-4-6-11(14)16/h4-8H,3H2,1-2H3,(H,18,19). The third kappa shape index (κ3) is 2.77. The Labute approximate surface area is 115 Å². The monoisotopic (exact) mass is 275 g/mol. The average Bonchev–Trinajstić information content (AvgIpc) is 2.42. The Morgan fingerprint density at radius 1 is 1.35 bits per heavy atom. The highest BCUT2D eigenvalue weighted by atomic mass is 19.1. The van der Waals surface area contributed by atoms with E-state index in [1.165, 1.54) is 12.1 Å². The van der Waals surface area contributed by atoms with Gasteiger partial charge in [0.25, 0.3) is 0 Å². The van der Waals surface area contributed by atoms with Gasteiger partial charge in [-0.15, -0.1) is 0 Å². The van der Waals surface area contributed by atoms with Crippen molar-refractivity contribution in [1.29, 1.82) is 0 Å². The number of rotatable bonds is 4. The molecule has 1 heterocycles. The topological polar surface area (TPSA) is 59.4 Å². The van der Waals surface area contributed by atoms with E-state index in [0.717, 1.165) is 11.8 Å². The minimum atomic E-state index is -1.24. The molecule has 0 fully saturated rings. The zero-order valence-electron chi connectivity index (χ0n) is 11.2. The van der Waals surface area contributed by atoms with Gasteiger partial charge >= 0.3 is 5.97 Å². The van der Waals surface area contributed by atoms with E-state index in [1.807, 2.05) is 13.8 Å². The number of carboxylic acid groups (broad SMARTS) is 1. The van der Waals surface area contributed by atoms with Crippen LogP contribution in [-0.4, -0.2) is 16.1 Å². The molecule has 1 aromatic carbocycles. The number of benzene rings is 1. The summed E-state index contributed by atoms with van der Waals surface area (Å²) in [7, 11) is 0. The molecule has 0 spiro atoms. The van der Waals surface area contributed by atoms with Gasteiger partial charge in [0, 0.05) is 5.69 Å². The molecule has 0 aliphatic carbocycles. The first-order chi connectivity index (χ1) is 9.52. The summed E-state index contributed by atoms with van der Waals surface area (Å²) in [5.41, 5.74) is 1.26. The normalized spacial score (nSPS) is 10.3. The molecule has 0 atom stereocenters. The first kappa shape index (κ1) is 14.0. The Morgan fingerprint density at radius 2 is 2.10 bits per heavy atom. The predicted octanol–water partition coefficient (Wildman–Crippen LogP) is 3.58. The molecule has 0 unspecified atom stereocenters. The van der Waals surface area contributed by atoms with Crippen LogP contribution < -0.4 is 4.74 Å². The van der Waals surface area contributed by atoms with E-state index in [1.54, 1.807) is 12.1 Å². The van der Waals surface area contributed by atoms with E-state index in [-0.39, 0.29) is 11.3 Å². The van der Waals surface area contributed by atoms with Crippen molar-refractivity contribution in [2.24, 2.45) is 0 Å². The van der Waals surface area contributed by atoms with Gasteiger partial charge in [-0.2, -0.15) is 0 Å². The molecule has 2 aromatic rings. The van der Waals surface area contributed by atoms with Gasteiger partial charge in [0.2, 0.25) is 0 Å². The molecule has 0 aliphatic heterocycles. The van der Waals surface area contributed by atoms with Crippen molar-refractivity contribution < 1.29 is 19.0 Å². The van der Waals surface area contributed by atoms with Crippen LogP contribution in [0.5, 0.6) is 11.5 Å². The number of halogens is 1. The molecule has 1 N–H and O–H groups in total. The van der Waals surface area contributed by atoms with Gasteiger partial charge < -0.3 is 9.84 Å². The van der Waals surface area contributed by atoms with Crippen LogP contribution in [0.1, 0.15) is 28.7 Å². The largest absolute Gasteiger partial charge is 0.478 e. The summed E-state index contributed by atoms with van der Waals surface area (Å²) in [6.45, 7) is 3.74. The fourth-order valence-electron chi connectivity index (χ4n) is 1.83. The molecule has 2 rings (SSSR count). The number of para-hydroxylation sites is 1. The Morgan fingerprint density at radius 3 is 2.75 bits per heavy atom. The van der Waals surface area contributed by atoms with E-state index in [0.29, 0.717) is 17.9 Å². The van der Waals surface area contributed by atoms with E-state index < -0.39 is 11.8 Å². The van der Waals surface area contributed by atoms with Gasteiger partial charge in [-0.05, 0) is 37.6 Å². The molecule has 5 heteroatoms. The number of nitrogens with zero attached hydrogens (tertiary/aromatic N) is 1. The Kier molecular flexibility index (Phi) is 3.98. The summed E-state index contributed by atoms with van der Waals surface area (Å²) in [4.78, 5) is 15.4. The highest BCUT2D eigenvalue weighted by molar-refractivity contribution is 5.91. The van der Waals surface area contributed by atoms with Gasteiger partial charge in [0.15, 0.2) is 11.6 Å². The second-order valence-corrected chi connectivity index (χ2v) is 4.27. The first-order valence-corrected chi connectivity index (χ1v) is 6.19. The van der Waals surface area contributed by atoms with Crippen LogP contribution in [0.2, 0.25) is 0 Å². The molecule has 0 amide bonds. The molecule has 0 saturated carbocycles. The zero-order chi connectivity index (χ0) is 14.7. The average molecular weight is 275 g/mol. The number of carboxylic acids is 1. The lowest BCUT2D eigenvalue weighted by atomic mass is 10.2. The van der Waals surface area contributed by atoms with Crippen LogP contribution in [0.25, 0.3) is 0 Å². The van der Waals surface area contributed by atoms with E-state index in [2.05, 4.69) is 4.98 Å². The second-order valence-electron chi connectivity index (χ2n) is 4.27. The maximum Gasteiger partial charge on any atom is 0.339 e. The van der Waals surface area contributed by atoms with Crippen molar-refractivity contribution in [1.82, 2.24) is 4.98 Å². The molecular weight excluding hydrogens is 261 g/mol. The Hall–Kier alpha value is -2.43. The van der Waals surface area contributed by atoms with Crippen molar-refractivity contribution in [3.8, 4) is 11.5 Å². The summed E-state index contributed by atoms with van der Waals surface area (Å²) < 4.78 is 19.3. The van der Waals surface area contributed by atoms with Crippen LogP contribution in [0.4, 0.5) is 4.39 Å². The van der Waals surface area contributed by atoms with Crippen molar-refractivity contribution in [2.45, 2.75) is 20.3 Å². The minimum absolute atomic E-state index is 0.215. The molecule has 0 bridgehead atoms. The maximum atomic E-state index is 13.8. The molecule has 104 valence electrons. The SMILES string of the molecule is CCc1nc(C)ccc1Oc1c(F)cccc1C(=O)O. The summed E-state index contributed by atoms with van der Waals surface area (Å²) in [6, 6.07) is 7.19. The molecular formula is C15H14FNO3. The Balaban J connectivity index is 2.47. The highest BCUT2D eigenvalue weighted by Gasteiger charge is 2.17. The van der Waals surface area contributed by atoms with E-state index in [9.17, 15) is 9.18 Å². The lowest BCUT2D eigenvalue weighted by Gasteiger charge is -2.12. The first-order valence-electron chi connectivity index (χ1n) is 6.19. The fourth-order valence-corrected chi connectivity index (χ4v) is 1.83. The highest BCUT2D eigenvalue weighted by Crippen LogP contribution is 2.30. The second kappa shape index (κ2) is 5.69. The number of aryl methyl sites for hydroxylation is 2. The van der Waals surface area contributed by atoms with Crippen molar-refractivity contribution >= 4 is 5.97 Å². The summed E-state index contributed by atoms with van der Waals surface area (Å²) in [6.07, 6.45) is 0.605. The number of aromatic nitrogens is 1. The molecule has 0 saturated heterocycles. The summed E-state index contributed by atoms with van der Waals surface area (Å²) >= 11 is 0. The molecule has 4 nitrogen and oxygen atoms in total. The zero-order valence-corrected chi connectivity index (χ0v) is 11.2. The van der Waals surface area contributed by atoms with Crippen LogP contribution in [-0.2, 0) is 6.42 Å². The van der Waals surface area contributed by atoms with E-state index >= 15 is 0 Å². The maximum absolute atomic E-state index is 13.8. The predicted molar refractivity (Wildman–Crippen MR) is 71.8 cm³/mol. The number of carbonyl (C=O) groups is 1. The molecule has 1 aromatic heterocycles. The molecule has 0 radical (unpaired) electrons.